The zero-order valence-corrected chi connectivity index (χ0v) is 10.8. The summed E-state index contributed by atoms with van der Waals surface area (Å²) in [7, 11) is 0. The van der Waals surface area contributed by atoms with E-state index in [1.807, 2.05) is 24.3 Å². The molecule has 1 aromatic rings. The van der Waals surface area contributed by atoms with Gasteiger partial charge in [-0.15, -0.1) is 0 Å². The molecule has 1 atom stereocenters. The predicted octanol–water partition coefficient (Wildman–Crippen LogP) is 3.28. The van der Waals surface area contributed by atoms with Crippen molar-refractivity contribution < 1.29 is 9.53 Å². The van der Waals surface area contributed by atoms with Gasteiger partial charge >= 0.3 is 5.97 Å². The Labute approximate surface area is 99.9 Å². The quantitative estimate of drug-likeness (QED) is 0.631. The molecule has 0 aliphatic carbocycles. The third kappa shape index (κ3) is 3.80. The fourth-order valence-corrected chi connectivity index (χ4v) is 1.47. The number of hydrogen-bond donors (Lipinski definition) is 0. The summed E-state index contributed by atoms with van der Waals surface area (Å²) >= 11 is 6.49. The summed E-state index contributed by atoms with van der Waals surface area (Å²) < 4.78 is 6.02. The van der Waals surface area contributed by atoms with Crippen LogP contribution >= 0.6 is 31.9 Å². The lowest BCUT2D eigenvalue weighted by Crippen LogP contribution is -2.13. The second-order valence-corrected chi connectivity index (χ2v) is 5.14. The highest BCUT2D eigenvalue weighted by Crippen LogP contribution is 2.13. The average molecular weight is 322 g/mol. The van der Waals surface area contributed by atoms with Crippen molar-refractivity contribution in [2.75, 3.05) is 0 Å². The van der Waals surface area contributed by atoms with Crippen molar-refractivity contribution in [3.05, 3.63) is 34.3 Å². The molecule has 2 nitrogen and oxygen atoms in total. The van der Waals surface area contributed by atoms with E-state index in [0.29, 0.717) is 6.61 Å². The molecule has 76 valence electrons. The molecule has 0 saturated heterocycles. The molecule has 4 heteroatoms. The van der Waals surface area contributed by atoms with Crippen LogP contribution in [-0.2, 0) is 16.1 Å². The van der Waals surface area contributed by atoms with Gasteiger partial charge in [0.15, 0.2) is 0 Å². The van der Waals surface area contributed by atoms with Gasteiger partial charge in [-0.1, -0.05) is 44.0 Å². The molecule has 0 aromatic heterocycles. The van der Waals surface area contributed by atoms with Gasteiger partial charge in [0.1, 0.15) is 11.4 Å². The molecule has 0 bridgehead atoms. The fourth-order valence-electron chi connectivity index (χ4n) is 0.896. The Kier molecular flexibility index (Phi) is 4.62. The molecule has 0 radical (unpaired) electrons. The van der Waals surface area contributed by atoms with Gasteiger partial charge in [0.05, 0.1) is 0 Å². The van der Waals surface area contributed by atoms with Crippen LogP contribution in [0.5, 0.6) is 0 Å². The van der Waals surface area contributed by atoms with E-state index in [4.69, 9.17) is 4.74 Å². The number of alkyl halides is 1. The number of ether oxygens (including phenoxy) is 1. The molecule has 0 heterocycles. The summed E-state index contributed by atoms with van der Waals surface area (Å²) in [4.78, 5) is 10.9. The van der Waals surface area contributed by atoms with E-state index in [1.54, 1.807) is 6.92 Å². The number of rotatable bonds is 3. The van der Waals surface area contributed by atoms with E-state index in [1.165, 1.54) is 0 Å². The lowest BCUT2D eigenvalue weighted by atomic mass is 10.2. The highest BCUT2D eigenvalue weighted by atomic mass is 79.9. The highest BCUT2D eigenvalue weighted by Gasteiger charge is 2.09. The van der Waals surface area contributed by atoms with Crippen LogP contribution < -0.4 is 0 Å². The van der Waals surface area contributed by atoms with Gasteiger partial charge < -0.3 is 4.74 Å². The van der Waals surface area contributed by atoms with Crippen molar-refractivity contribution in [1.82, 2.24) is 0 Å². The number of carbonyl (C=O) groups is 1. The van der Waals surface area contributed by atoms with E-state index in [0.717, 1.165) is 10.0 Å². The van der Waals surface area contributed by atoms with Crippen LogP contribution in [-0.4, -0.2) is 10.8 Å². The first kappa shape index (κ1) is 11.7. The summed E-state index contributed by atoms with van der Waals surface area (Å²) in [6.45, 7) is 2.05. The number of hydrogen-bond acceptors (Lipinski definition) is 2. The standard InChI is InChI=1S/C10H10Br2O2/c1-7(11)10(13)14-6-8-3-2-4-9(12)5-8/h2-5,7H,6H2,1H3/t7-/m1/s1. The molecule has 0 saturated carbocycles. The molecule has 1 aromatic carbocycles. The molecule has 0 amide bonds. The fraction of sp³-hybridized carbons (Fsp3) is 0.300. The maximum atomic E-state index is 11.1. The van der Waals surface area contributed by atoms with Crippen molar-refractivity contribution in [3.63, 3.8) is 0 Å². The van der Waals surface area contributed by atoms with Crippen molar-refractivity contribution in [2.45, 2.75) is 18.4 Å². The minimum atomic E-state index is -0.255. The predicted molar refractivity (Wildman–Crippen MR) is 62.3 cm³/mol. The third-order valence-electron chi connectivity index (χ3n) is 1.59. The normalized spacial score (nSPS) is 12.2. The first-order valence-corrected chi connectivity index (χ1v) is 5.85. The smallest absolute Gasteiger partial charge is 0.319 e. The monoisotopic (exact) mass is 320 g/mol. The molecule has 0 spiro atoms. The Balaban J connectivity index is 2.50. The summed E-state index contributed by atoms with van der Waals surface area (Å²) in [5.41, 5.74) is 0.973. The first-order valence-electron chi connectivity index (χ1n) is 4.15. The topological polar surface area (TPSA) is 26.3 Å². The van der Waals surface area contributed by atoms with E-state index in [2.05, 4.69) is 31.9 Å². The Morgan fingerprint density at radius 2 is 2.29 bits per heavy atom. The lowest BCUT2D eigenvalue weighted by molar-refractivity contribution is -0.143. The Hall–Kier alpha value is -0.350. The molecule has 0 unspecified atom stereocenters. The molecule has 0 N–H and O–H groups in total. The minimum absolute atomic E-state index is 0.245. The van der Waals surface area contributed by atoms with Gasteiger partial charge in [0.25, 0.3) is 0 Å². The molecule has 14 heavy (non-hydrogen) atoms. The van der Waals surface area contributed by atoms with Crippen LogP contribution in [0.15, 0.2) is 28.7 Å². The van der Waals surface area contributed by atoms with Crippen LogP contribution in [0.25, 0.3) is 0 Å². The minimum Gasteiger partial charge on any atom is -0.460 e. The van der Waals surface area contributed by atoms with E-state index < -0.39 is 0 Å². The number of carbonyl (C=O) groups excluding carboxylic acids is 1. The molecule has 1 rings (SSSR count). The van der Waals surface area contributed by atoms with Gasteiger partial charge in [-0.3, -0.25) is 4.79 Å². The van der Waals surface area contributed by atoms with Gasteiger partial charge in [-0.05, 0) is 24.6 Å². The van der Waals surface area contributed by atoms with Crippen LogP contribution in [0.2, 0.25) is 0 Å². The third-order valence-corrected chi connectivity index (χ3v) is 2.46. The zero-order chi connectivity index (χ0) is 10.6. The Bertz CT molecular complexity index is 324. The molecular formula is C10H10Br2O2. The van der Waals surface area contributed by atoms with Gasteiger partial charge in [-0.2, -0.15) is 0 Å². The van der Waals surface area contributed by atoms with Crippen molar-refractivity contribution in [1.29, 1.82) is 0 Å². The van der Waals surface area contributed by atoms with Crippen molar-refractivity contribution in [3.8, 4) is 0 Å². The zero-order valence-electron chi connectivity index (χ0n) is 7.67. The van der Waals surface area contributed by atoms with E-state index in [9.17, 15) is 4.79 Å². The largest absolute Gasteiger partial charge is 0.460 e. The maximum Gasteiger partial charge on any atom is 0.319 e. The molecule has 0 aliphatic rings. The van der Waals surface area contributed by atoms with Gasteiger partial charge in [0.2, 0.25) is 0 Å². The van der Waals surface area contributed by atoms with Crippen LogP contribution in [0.3, 0.4) is 0 Å². The lowest BCUT2D eigenvalue weighted by Gasteiger charge is -2.06. The van der Waals surface area contributed by atoms with Crippen LogP contribution in [0, 0.1) is 0 Å². The second kappa shape index (κ2) is 5.51. The molecule has 0 fully saturated rings. The van der Waals surface area contributed by atoms with Crippen molar-refractivity contribution >= 4 is 37.8 Å². The second-order valence-electron chi connectivity index (χ2n) is 2.85. The summed E-state index contributed by atoms with van der Waals surface area (Å²) in [6, 6.07) is 7.67. The summed E-state index contributed by atoms with van der Waals surface area (Å²) in [5.74, 6) is -0.245. The first-order chi connectivity index (χ1) is 6.59. The highest BCUT2D eigenvalue weighted by molar-refractivity contribution is 9.10. The van der Waals surface area contributed by atoms with Crippen molar-refractivity contribution in [2.24, 2.45) is 0 Å². The molecular weight excluding hydrogens is 312 g/mol. The van der Waals surface area contributed by atoms with E-state index in [-0.39, 0.29) is 10.8 Å². The summed E-state index contributed by atoms with van der Waals surface area (Å²) in [5, 5.41) is 0. The SMILES string of the molecule is C[C@@H](Br)C(=O)OCc1cccc(Br)c1. The molecule has 0 aliphatic heterocycles. The number of benzene rings is 1. The summed E-state index contributed by atoms with van der Waals surface area (Å²) in [6.07, 6.45) is 0. The number of esters is 1. The van der Waals surface area contributed by atoms with Crippen LogP contribution in [0.4, 0.5) is 0 Å². The average Bonchev–Trinajstić information content (AvgIpc) is 2.14. The Morgan fingerprint density at radius 3 is 2.86 bits per heavy atom. The van der Waals surface area contributed by atoms with Gasteiger partial charge in [0, 0.05) is 4.47 Å². The Morgan fingerprint density at radius 1 is 1.57 bits per heavy atom. The number of halogens is 2. The van der Waals surface area contributed by atoms with Crippen LogP contribution in [0.1, 0.15) is 12.5 Å². The van der Waals surface area contributed by atoms with Gasteiger partial charge in [-0.25, -0.2) is 0 Å². The maximum absolute atomic E-state index is 11.1. The van der Waals surface area contributed by atoms with E-state index >= 15 is 0 Å².